The number of amides is 1. The van der Waals surface area contributed by atoms with E-state index in [1.54, 1.807) is 7.11 Å². The Morgan fingerprint density at radius 1 is 1.19 bits per heavy atom. The lowest BCUT2D eigenvalue weighted by atomic mass is 10.1. The van der Waals surface area contributed by atoms with Crippen molar-refractivity contribution in [2.75, 3.05) is 13.7 Å². The Morgan fingerprint density at radius 2 is 2.00 bits per heavy atom. The summed E-state index contributed by atoms with van der Waals surface area (Å²) in [5.41, 5.74) is 3.01. The van der Waals surface area contributed by atoms with Crippen molar-refractivity contribution in [3.05, 3.63) is 59.8 Å². The van der Waals surface area contributed by atoms with Gasteiger partial charge in [-0.05, 0) is 42.7 Å². The van der Waals surface area contributed by atoms with E-state index < -0.39 is 0 Å². The van der Waals surface area contributed by atoms with E-state index in [1.807, 2.05) is 55.6 Å². The highest BCUT2D eigenvalue weighted by Gasteiger charge is 2.14. The highest BCUT2D eigenvalue weighted by Crippen LogP contribution is 2.30. The third-order valence-electron chi connectivity index (χ3n) is 4.55. The molecule has 2 aromatic carbocycles. The number of hydrogen-bond donors (Lipinski definition) is 2. The maximum Gasteiger partial charge on any atom is 0.224 e. The van der Waals surface area contributed by atoms with Gasteiger partial charge in [0.05, 0.1) is 26.2 Å². The van der Waals surface area contributed by atoms with Crippen molar-refractivity contribution in [2.45, 2.75) is 32.7 Å². The van der Waals surface area contributed by atoms with Crippen molar-refractivity contribution in [2.24, 2.45) is 0 Å². The smallest absolute Gasteiger partial charge is 0.224 e. The van der Waals surface area contributed by atoms with E-state index >= 15 is 0 Å². The summed E-state index contributed by atoms with van der Waals surface area (Å²) in [6.07, 6.45) is 3.17. The second-order valence-electron chi connectivity index (χ2n) is 6.58. The standard InChI is InChI=1S/C22H26N2O3/c1-4-11-27-20-10-9-16(12-21(20)26-3)15(2)24-22(25)13-17-14-23-19-8-6-5-7-18(17)19/h5-10,12,14-15,23H,4,11,13H2,1-3H3,(H,24,25). The van der Waals surface area contributed by atoms with Crippen molar-refractivity contribution in [3.63, 3.8) is 0 Å². The average molecular weight is 366 g/mol. The Morgan fingerprint density at radius 3 is 2.78 bits per heavy atom. The van der Waals surface area contributed by atoms with Gasteiger partial charge in [0.2, 0.25) is 5.91 Å². The average Bonchev–Trinajstić information content (AvgIpc) is 3.09. The van der Waals surface area contributed by atoms with Gasteiger partial charge in [-0.3, -0.25) is 4.79 Å². The zero-order chi connectivity index (χ0) is 19.2. The van der Waals surface area contributed by atoms with Crippen LogP contribution in [0.3, 0.4) is 0 Å². The minimum atomic E-state index is -0.128. The second kappa shape index (κ2) is 8.62. The van der Waals surface area contributed by atoms with Gasteiger partial charge in [0.15, 0.2) is 11.5 Å². The van der Waals surface area contributed by atoms with Gasteiger partial charge in [-0.25, -0.2) is 0 Å². The summed E-state index contributed by atoms with van der Waals surface area (Å²) < 4.78 is 11.1. The fourth-order valence-corrected chi connectivity index (χ4v) is 3.11. The summed E-state index contributed by atoms with van der Waals surface area (Å²) in [7, 11) is 1.62. The number of hydrogen-bond acceptors (Lipinski definition) is 3. The molecule has 1 atom stereocenters. The third-order valence-corrected chi connectivity index (χ3v) is 4.55. The molecule has 1 heterocycles. The fourth-order valence-electron chi connectivity index (χ4n) is 3.11. The lowest BCUT2D eigenvalue weighted by molar-refractivity contribution is -0.121. The molecule has 1 aromatic heterocycles. The van der Waals surface area contributed by atoms with Gasteiger partial charge in [-0.15, -0.1) is 0 Å². The van der Waals surface area contributed by atoms with Crippen LogP contribution in [0.15, 0.2) is 48.7 Å². The molecule has 3 rings (SSSR count). The molecule has 142 valence electrons. The second-order valence-corrected chi connectivity index (χ2v) is 6.58. The van der Waals surface area contributed by atoms with Gasteiger partial charge in [-0.1, -0.05) is 31.2 Å². The van der Waals surface area contributed by atoms with Crippen LogP contribution in [0.4, 0.5) is 0 Å². The molecule has 0 spiro atoms. The van der Waals surface area contributed by atoms with Crippen molar-refractivity contribution in [1.82, 2.24) is 10.3 Å². The minimum Gasteiger partial charge on any atom is -0.493 e. The van der Waals surface area contributed by atoms with Crippen LogP contribution in [0.5, 0.6) is 11.5 Å². The summed E-state index contributed by atoms with van der Waals surface area (Å²) >= 11 is 0. The first kappa shape index (κ1) is 18.8. The van der Waals surface area contributed by atoms with E-state index in [4.69, 9.17) is 9.47 Å². The lowest BCUT2D eigenvalue weighted by Gasteiger charge is -2.17. The van der Waals surface area contributed by atoms with Crippen LogP contribution in [0.2, 0.25) is 0 Å². The molecular formula is C22H26N2O3. The zero-order valence-electron chi connectivity index (χ0n) is 16.0. The largest absolute Gasteiger partial charge is 0.493 e. The lowest BCUT2D eigenvalue weighted by Crippen LogP contribution is -2.28. The van der Waals surface area contributed by atoms with Gasteiger partial charge in [0, 0.05) is 17.1 Å². The molecule has 0 bridgehead atoms. The maximum absolute atomic E-state index is 12.5. The minimum absolute atomic E-state index is 0.0162. The van der Waals surface area contributed by atoms with E-state index in [9.17, 15) is 4.79 Å². The first-order valence-corrected chi connectivity index (χ1v) is 9.27. The van der Waals surface area contributed by atoms with E-state index in [2.05, 4.69) is 17.2 Å². The predicted octanol–water partition coefficient (Wildman–Crippen LogP) is 4.39. The van der Waals surface area contributed by atoms with E-state index in [0.717, 1.165) is 34.2 Å². The molecule has 0 radical (unpaired) electrons. The SMILES string of the molecule is CCCOc1ccc(C(C)NC(=O)Cc2c[nH]c3ccccc23)cc1OC. The van der Waals surface area contributed by atoms with Crippen molar-refractivity contribution in [1.29, 1.82) is 0 Å². The highest BCUT2D eigenvalue weighted by atomic mass is 16.5. The third kappa shape index (κ3) is 4.42. The number of ether oxygens (including phenoxy) is 2. The molecule has 0 fully saturated rings. The molecule has 0 saturated heterocycles. The molecule has 0 aliphatic rings. The van der Waals surface area contributed by atoms with E-state index in [1.165, 1.54) is 0 Å². The summed E-state index contributed by atoms with van der Waals surface area (Å²) in [6.45, 7) is 4.67. The topological polar surface area (TPSA) is 63.3 Å². The Labute approximate surface area is 159 Å². The number of benzene rings is 2. The Kier molecular flexibility index (Phi) is 6.01. The number of methoxy groups -OCH3 is 1. The molecule has 0 aliphatic heterocycles. The van der Waals surface area contributed by atoms with Gasteiger partial charge in [0.25, 0.3) is 0 Å². The highest BCUT2D eigenvalue weighted by molar-refractivity contribution is 5.89. The molecule has 0 saturated carbocycles. The molecule has 1 unspecified atom stereocenters. The van der Waals surface area contributed by atoms with Gasteiger partial charge >= 0.3 is 0 Å². The Hall–Kier alpha value is -2.95. The van der Waals surface area contributed by atoms with Crippen LogP contribution in [-0.2, 0) is 11.2 Å². The fraction of sp³-hybridized carbons (Fsp3) is 0.318. The van der Waals surface area contributed by atoms with E-state index in [-0.39, 0.29) is 11.9 Å². The molecule has 27 heavy (non-hydrogen) atoms. The number of carbonyl (C=O) groups is 1. The monoisotopic (exact) mass is 366 g/mol. The maximum atomic E-state index is 12.5. The number of carbonyl (C=O) groups excluding carboxylic acids is 1. The summed E-state index contributed by atoms with van der Waals surface area (Å²) in [4.78, 5) is 15.7. The number of fused-ring (bicyclic) bond motifs is 1. The summed E-state index contributed by atoms with van der Waals surface area (Å²) in [5, 5.41) is 4.15. The number of rotatable bonds is 8. The van der Waals surface area contributed by atoms with Crippen LogP contribution >= 0.6 is 0 Å². The quantitative estimate of drug-likeness (QED) is 0.622. The van der Waals surface area contributed by atoms with Crippen LogP contribution in [0, 0.1) is 0 Å². The number of H-pyrrole nitrogens is 1. The van der Waals surface area contributed by atoms with Crippen molar-refractivity contribution >= 4 is 16.8 Å². The van der Waals surface area contributed by atoms with Crippen LogP contribution in [-0.4, -0.2) is 24.6 Å². The molecule has 1 amide bonds. The number of aromatic amines is 1. The first-order chi connectivity index (χ1) is 13.1. The van der Waals surface area contributed by atoms with Crippen LogP contribution in [0.1, 0.15) is 37.4 Å². The predicted molar refractivity (Wildman–Crippen MR) is 107 cm³/mol. The molecule has 5 nitrogen and oxygen atoms in total. The van der Waals surface area contributed by atoms with E-state index in [0.29, 0.717) is 18.8 Å². The number of para-hydroxylation sites is 1. The Bertz CT molecular complexity index is 917. The number of nitrogens with one attached hydrogen (secondary N) is 2. The Balaban J connectivity index is 1.67. The van der Waals surface area contributed by atoms with Gasteiger partial charge in [-0.2, -0.15) is 0 Å². The van der Waals surface area contributed by atoms with Crippen LogP contribution in [0.25, 0.3) is 10.9 Å². The summed E-state index contributed by atoms with van der Waals surface area (Å²) in [5.74, 6) is 1.39. The van der Waals surface area contributed by atoms with Gasteiger partial charge < -0.3 is 19.8 Å². The molecule has 2 N–H and O–H groups in total. The first-order valence-electron chi connectivity index (χ1n) is 9.27. The van der Waals surface area contributed by atoms with Crippen LogP contribution < -0.4 is 14.8 Å². The molecule has 0 aliphatic carbocycles. The van der Waals surface area contributed by atoms with Crippen molar-refractivity contribution in [3.8, 4) is 11.5 Å². The van der Waals surface area contributed by atoms with Gasteiger partial charge in [0.1, 0.15) is 0 Å². The normalized spacial score (nSPS) is 12.0. The van der Waals surface area contributed by atoms with Crippen molar-refractivity contribution < 1.29 is 14.3 Å². The summed E-state index contributed by atoms with van der Waals surface area (Å²) in [6, 6.07) is 13.6. The zero-order valence-corrected chi connectivity index (χ0v) is 16.0. The number of aromatic nitrogens is 1. The molecular weight excluding hydrogens is 340 g/mol. The molecule has 3 aromatic rings. The molecule has 5 heteroatoms.